The maximum absolute atomic E-state index is 13.2. The van der Waals surface area contributed by atoms with E-state index in [1.54, 1.807) is 6.92 Å². The molecule has 7 heteroatoms. The molecule has 2 nitrogen and oxygen atoms in total. The highest BCUT2D eigenvalue weighted by molar-refractivity contribution is 7.11. The minimum absolute atomic E-state index is 0.206. The molecule has 0 spiro atoms. The zero-order valence-electron chi connectivity index (χ0n) is 9.83. The van der Waals surface area contributed by atoms with Crippen molar-refractivity contribution in [1.29, 1.82) is 0 Å². The number of nitrogens with zero attached hydrogens (tertiary/aromatic N) is 1. The molecule has 0 amide bonds. The van der Waals surface area contributed by atoms with Gasteiger partial charge in [-0.05, 0) is 24.6 Å². The van der Waals surface area contributed by atoms with E-state index in [1.807, 2.05) is 0 Å². The first kappa shape index (κ1) is 14.0. The zero-order chi connectivity index (χ0) is 14.2. The lowest BCUT2D eigenvalue weighted by Gasteiger charge is -2.13. The van der Waals surface area contributed by atoms with Crippen LogP contribution in [0.4, 0.5) is 17.6 Å². The van der Waals surface area contributed by atoms with Crippen LogP contribution in [0.3, 0.4) is 0 Å². The Kier molecular flexibility index (Phi) is 3.60. The monoisotopic (exact) mass is 290 g/mol. The van der Waals surface area contributed by atoms with Gasteiger partial charge in [-0.25, -0.2) is 9.37 Å². The molecule has 2 aromatic rings. The fraction of sp³-hybridized carbons (Fsp3) is 0.250. The second kappa shape index (κ2) is 4.90. The van der Waals surface area contributed by atoms with Crippen LogP contribution in [0.2, 0.25) is 0 Å². The summed E-state index contributed by atoms with van der Waals surface area (Å²) in [4.78, 5) is 4.63. The number of rotatable bonds is 2. The molecule has 0 fully saturated rings. The van der Waals surface area contributed by atoms with Crippen LogP contribution in [0.5, 0.6) is 0 Å². The van der Waals surface area contributed by atoms with Gasteiger partial charge in [0, 0.05) is 11.1 Å². The standard InChI is InChI=1S/C12H10F4N2S/c1-6-18-5-10(19-6)11(17)7-2-3-9(13)8(4-7)12(14,15)16/h2-5,11H,17H2,1H3. The summed E-state index contributed by atoms with van der Waals surface area (Å²) in [7, 11) is 0. The summed E-state index contributed by atoms with van der Waals surface area (Å²) in [5.41, 5.74) is 4.77. The summed E-state index contributed by atoms with van der Waals surface area (Å²) < 4.78 is 51.0. The molecule has 0 aliphatic heterocycles. The Hall–Kier alpha value is -1.47. The van der Waals surface area contributed by atoms with Gasteiger partial charge in [0.15, 0.2) is 0 Å². The van der Waals surface area contributed by atoms with Crippen LogP contribution in [-0.4, -0.2) is 4.98 Å². The predicted molar refractivity (Wildman–Crippen MR) is 64.3 cm³/mol. The molecule has 1 aromatic heterocycles. The van der Waals surface area contributed by atoms with Crippen molar-refractivity contribution in [3.05, 3.63) is 51.2 Å². The number of nitrogens with two attached hydrogens (primary N) is 1. The molecule has 0 bridgehead atoms. The van der Waals surface area contributed by atoms with E-state index in [-0.39, 0.29) is 5.56 Å². The van der Waals surface area contributed by atoms with E-state index in [1.165, 1.54) is 23.6 Å². The van der Waals surface area contributed by atoms with Gasteiger partial charge < -0.3 is 5.73 Å². The van der Waals surface area contributed by atoms with Crippen LogP contribution in [-0.2, 0) is 6.18 Å². The Morgan fingerprint density at radius 1 is 1.32 bits per heavy atom. The fourth-order valence-corrected chi connectivity index (χ4v) is 2.45. The summed E-state index contributed by atoms with van der Waals surface area (Å²) >= 11 is 1.30. The first-order valence-electron chi connectivity index (χ1n) is 5.33. The maximum atomic E-state index is 13.2. The number of aryl methyl sites for hydroxylation is 1. The van der Waals surface area contributed by atoms with Gasteiger partial charge in [0.2, 0.25) is 0 Å². The van der Waals surface area contributed by atoms with Crippen LogP contribution in [0.1, 0.15) is 27.1 Å². The van der Waals surface area contributed by atoms with Crippen molar-refractivity contribution in [2.75, 3.05) is 0 Å². The van der Waals surface area contributed by atoms with E-state index in [0.717, 1.165) is 17.1 Å². The quantitative estimate of drug-likeness (QED) is 0.857. The van der Waals surface area contributed by atoms with Crippen molar-refractivity contribution in [1.82, 2.24) is 4.98 Å². The number of hydrogen-bond donors (Lipinski definition) is 1. The molecule has 0 radical (unpaired) electrons. The van der Waals surface area contributed by atoms with Crippen molar-refractivity contribution in [3.63, 3.8) is 0 Å². The predicted octanol–water partition coefficient (Wildman–Crippen LogP) is 3.66. The summed E-state index contributed by atoms with van der Waals surface area (Å²) in [6, 6.07) is 2.04. The first-order valence-corrected chi connectivity index (χ1v) is 6.15. The Balaban J connectivity index is 2.41. The highest BCUT2D eigenvalue weighted by Crippen LogP contribution is 2.34. The molecule has 19 heavy (non-hydrogen) atoms. The lowest BCUT2D eigenvalue weighted by molar-refractivity contribution is -0.140. The Morgan fingerprint density at radius 2 is 2.00 bits per heavy atom. The maximum Gasteiger partial charge on any atom is 0.419 e. The zero-order valence-corrected chi connectivity index (χ0v) is 10.6. The number of alkyl halides is 3. The van der Waals surface area contributed by atoms with Gasteiger partial charge in [-0.1, -0.05) is 6.07 Å². The van der Waals surface area contributed by atoms with Crippen LogP contribution in [0.25, 0.3) is 0 Å². The molecular weight excluding hydrogens is 280 g/mol. The molecule has 102 valence electrons. The van der Waals surface area contributed by atoms with E-state index in [9.17, 15) is 17.6 Å². The van der Waals surface area contributed by atoms with Crippen molar-refractivity contribution in [3.8, 4) is 0 Å². The number of aromatic nitrogens is 1. The number of hydrogen-bond acceptors (Lipinski definition) is 3. The Morgan fingerprint density at radius 3 is 2.53 bits per heavy atom. The third kappa shape index (κ3) is 2.93. The number of benzene rings is 1. The van der Waals surface area contributed by atoms with Crippen molar-refractivity contribution in [2.24, 2.45) is 5.73 Å². The van der Waals surface area contributed by atoms with Crippen LogP contribution in [0, 0.1) is 12.7 Å². The summed E-state index contributed by atoms with van der Waals surface area (Å²) in [6.45, 7) is 1.77. The highest BCUT2D eigenvalue weighted by Gasteiger charge is 2.34. The lowest BCUT2D eigenvalue weighted by atomic mass is 10.0. The number of halogens is 4. The molecule has 2 N–H and O–H groups in total. The van der Waals surface area contributed by atoms with Gasteiger partial charge in [-0.2, -0.15) is 13.2 Å². The second-order valence-electron chi connectivity index (χ2n) is 4.00. The van der Waals surface area contributed by atoms with Gasteiger partial charge in [0.05, 0.1) is 16.6 Å². The fourth-order valence-electron chi connectivity index (χ4n) is 1.64. The molecule has 0 saturated carbocycles. The Bertz CT molecular complexity index is 592. The SMILES string of the molecule is Cc1ncc(C(N)c2ccc(F)c(C(F)(F)F)c2)s1. The van der Waals surface area contributed by atoms with Crippen LogP contribution < -0.4 is 5.73 Å². The highest BCUT2D eigenvalue weighted by atomic mass is 32.1. The molecule has 0 aliphatic carbocycles. The average molecular weight is 290 g/mol. The molecular formula is C12H10F4N2S. The van der Waals surface area contributed by atoms with Crippen LogP contribution >= 0.6 is 11.3 Å². The average Bonchev–Trinajstić information content (AvgIpc) is 2.74. The summed E-state index contributed by atoms with van der Waals surface area (Å²) in [6.07, 6.45) is -3.22. The third-order valence-electron chi connectivity index (χ3n) is 2.60. The van der Waals surface area contributed by atoms with Gasteiger partial charge >= 0.3 is 6.18 Å². The molecule has 0 aliphatic rings. The molecule has 0 saturated heterocycles. The minimum Gasteiger partial charge on any atom is -0.320 e. The smallest absolute Gasteiger partial charge is 0.320 e. The molecule has 1 unspecified atom stereocenters. The van der Waals surface area contributed by atoms with Gasteiger partial charge in [-0.15, -0.1) is 11.3 Å². The second-order valence-corrected chi connectivity index (χ2v) is 5.26. The molecule has 1 aromatic carbocycles. The van der Waals surface area contributed by atoms with Gasteiger partial charge in [0.1, 0.15) is 5.82 Å². The summed E-state index contributed by atoms with van der Waals surface area (Å²) in [5.74, 6) is -1.30. The van der Waals surface area contributed by atoms with E-state index < -0.39 is 23.6 Å². The van der Waals surface area contributed by atoms with E-state index >= 15 is 0 Å². The van der Waals surface area contributed by atoms with Gasteiger partial charge in [0.25, 0.3) is 0 Å². The van der Waals surface area contributed by atoms with Crippen molar-refractivity contribution < 1.29 is 17.6 Å². The molecule has 2 rings (SSSR count). The normalized spacial score (nSPS) is 13.6. The number of thiazole rings is 1. The summed E-state index contributed by atoms with van der Waals surface area (Å²) in [5, 5.41) is 0.767. The minimum atomic E-state index is -4.73. The van der Waals surface area contributed by atoms with Crippen molar-refractivity contribution >= 4 is 11.3 Å². The van der Waals surface area contributed by atoms with E-state index in [0.29, 0.717) is 4.88 Å². The molecule has 1 atom stereocenters. The first-order chi connectivity index (χ1) is 8.79. The third-order valence-corrected chi connectivity index (χ3v) is 3.60. The van der Waals surface area contributed by atoms with Gasteiger partial charge in [-0.3, -0.25) is 0 Å². The largest absolute Gasteiger partial charge is 0.419 e. The molecule has 1 heterocycles. The lowest BCUT2D eigenvalue weighted by Crippen LogP contribution is -2.14. The van der Waals surface area contributed by atoms with E-state index in [4.69, 9.17) is 5.73 Å². The van der Waals surface area contributed by atoms with E-state index in [2.05, 4.69) is 4.98 Å². The topological polar surface area (TPSA) is 38.9 Å². The Labute approximate surface area is 110 Å². The van der Waals surface area contributed by atoms with Crippen LogP contribution in [0.15, 0.2) is 24.4 Å². The van der Waals surface area contributed by atoms with Crippen molar-refractivity contribution in [2.45, 2.75) is 19.1 Å².